The molecule has 1 heterocycles. The number of quaternary nitrogens is 1. The molecular weight excluding hydrogens is 357 g/mol. The van der Waals surface area contributed by atoms with E-state index in [4.69, 9.17) is 0 Å². The first-order valence-corrected chi connectivity index (χ1v) is 9.84. The first kappa shape index (κ1) is 18.3. The van der Waals surface area contributed by atoms with Crippen LogP contribution < -0.4 is 0 Å². The van der Waals surface area contributed by atoms with Crippen molar-refractivity contribution >= 4 is 22.6 Å². The van der Waals surface area contributed by atoms with Crippen molar-refractivity contribution in [2.75, 3.05) is 26.2 Å². The first-order valence-electron chi connectivity index (χ1n) is 8.76. The van der Waals surface area contributed by atoms with Crippen molar-refractivity contribution in [2.45, 2.75) is 77.6 Å². The van der Waals surface area contributed by atoms with E-state index >= 15 is 0 Å². The van der Waals surface area contributed by atoms with Crippen LogP contribution in [0.4, 0.5) is 0 Å². The average molecular weight is 390 g/mol. The number of rotatable bonds is 11. The molecule has 2 heteroatoms. The molecule has 0 aromatic rings. The molecule has 0 radical (unpaired) electrons. The van der Waals surface area contributed by atoms with Crippen molar-refractivity contribution in [1.82, 2.24) is 0 Å². The van der Waals surface area contributed by atoms with Gasteiger partial charge in [0, 0.05) is 35.4 Å². The molecule has 116 valence electrons. The molecule has 0 N–H and O–H groups in total. The molecule has 1 aliphatic heterocycles. The summed E-state index contributed by atoms with van der Waals surface area (Å²) in [5.41, 5.74) is 0. The molecule has 0 aromatic heterocycles. The molecule has 0 amide bonds. The molecule has 0 spiro atoms. The Morgan fingerprint density at radius 2 is 1.40 bits per heavy atom. The lowest BCUT2D eigenvalue weighted by Crippen LogP contribution is -2.46. The predicted molar refractivity (Wildman–Crippen MR) is 98.0 cm³/mol. The van der Waals surface area contributed by atoms with E-state index in [1.54, 1.807) is 0 Å². The van der Waals surface area contributed by atoms with Crippen molar-refractivity contribution in [3.63, 3.8) is 0 Å². The second-order valence-electron chi connectivity index (χ2n) is 6.48. The van der Waals surface area contributed by atoms with Crippen LogP contribution in [0.1, 0.15) is 77.6 Å². The fourth-order valence-corrected chi connectivity index (χ4v) is 3.59. The van der Waals surface area contributed by atoms with Gasteiger partial charge in [-0.15, -0.1) is 0 Å². The van der Waals surface area contributed by atoms with Crippen LogP contribution in [-0.4, -0.2) is 30.7 Å². The monoisotopic (exact) mass is 390 g/mol. The lowest BCUT2D eigenvalue weighted by Gasteiger charge is -2.32. The lowest BCUT2D eigenvalue weighted by molar-refractivity contribution is -0.910. The molecule has 0 saturated carbocycles. The van der Waals surface area contributed by atoms with Gasteiger partial charge in [-0.25, -0.2) is 0 Å². The van der Waals surface area contributed by atoms with E-state index in [2.05, 4.69) is 39.4 Å². The smallest absolute Gasteiger partial charge is 0.141 e. The predicted octanol–water partition coefficient (Wildman–Crippen LogP) is 5.52. The third-order valence-corrected chi connectivity index (χ3v) is 5.11. The summed E-state index contributed by atoms with van der Waals surface area (Å²) in [6.45, 7) is 7.52. The van der Waals surface area contributed by atoms with Crippen molar-refractivity contribution in [1.29, 1.82) is 0 Å². The summed E-state index contributed by atoms with van der Waals surface area (Å²) >= 11 is 2.18. The van der Waals surface area contributed by atoms with Gasteiger partial charge in [0.1, 0.15) is 6.54 Å². The van der Waals surface area contributed by atoms with E-state index in [0.29, 0.717) is 0 Å². The number of hydrogen-bond acceptors (Lipinski definition) is 0. The second kappa shape index (κ2) is 11.9. The van der Waals surface area contributed by atoms with Gasteiger partial charge in [0.15, 0.2) is 0 Å². The summed E-state index contributed by atoms with van der Waals surface area (Å²) in [4.78, 5) is 0. The minimum Gasteiger partial charge on any atom is -0.313 e. The van der Waals surface area contributed by atoms with Crippen LogP contribution in [0.5, 0.6) is 0 Å². The Morgan fingerprint density at radius 1 is 0.850 bits per heavy atom. The molecule has 0 aromatic carbocycles. The first-order chi connectivity index (χ1) is 9.83. The maximum absolute atomic E-state index is 3.32. The average Bonchev–Trinajstić information content (AvgIpc) is 2.93. The molecule has 1 rings (SSSR count). The van der Waals surface area contributed by atoms with E-state index in [-0.39, 0.29) is 0 Å². The Morgan fingerprint density at radius 3 is 1.95 bits per heavy atom. The summed E-state index contributed by atoms with van der Waals surface area (Å²) < 4.78 is 4.36. The van der Waals surface area contributed by atoms with Crippen molar-refractivity contribution in [3.8, 4) is 9.85 Å². The molecule has 0 bridgehead atoms. The molecule has 0 unspecified atom stereocenters. The molecule has 1 fully saturated rings. The highest BCUT2D eigenvalue weighted by Gasteiger charge is 2.30. The van der Waals surface area contributed by atoms with E-state index < -0.39 is 0 Å². The highest BCUT2D eigenvalue weighted by atomic mass is 127. The van der Waals surface area contributed by atoms with E-state index in [1.807, 2.05) is 0 Å². The van der Waals surface area contributed by atoms with Crippen molar-refractivity contribution in [3.05, 3.63) is 0 Å². The molecular formula is C18H33IN+. The summed E-state index contributed by atoms with van der Waals surface area (Å²) in [6.07, 6.45) is 15.7. The van der Waals surface area contributed by atoms with Gasteiger partial charge in [0.05, 0.1) is 19.6 Å². The van der Waals surface area contributed by atoms with Crippen LogP contribution in [0.15, 0.2) is 0 Å². The Hall–Kier alpha value is 0.250. The van der Waals surface area contributed by atoms with Crippen LogP contribution >= 0.6 is 22.6 Å². The third kappa shape index (κ3) is 7.88. The number of hydrogen-bond donors (Lipinski definition) is 0. The zero-order valence-corrected chi connectivity index (χ0v) is 15.6. The van der Waals surface area contributed by atoms with E-state index in [1.165, 1.54) is 94.7 Å². The van der Waals surface area contributed by atoms with Gasteiger partial charge in [-0.05, 0) is 22.7 Å². The molecule has 20 heavy (non-hydrogen) atoms. The Kier molecular flexibility index (Phi) is 10.9. The van der Waals surface area contributed by atoms with Gasteiger partial charge in [0.2, 0.25) is 0 Å². The largest absolute Gasteiger partial charge is 0.313 e. The summed E-state index contributed by atoms with van der Waals surface area (Å²) in [5.74, 6) is 3.32. The minimum atomic E-state index is 1.10. The summed E-state index contributed by atoms with van der Waals surface area (Å²) in [5, 5.41) is 0. The van der Waals surface area contributed by atoms with E-state index in [9.17, 15) is 0 Å². The van der Waals surface area contributed by atoms with Crippen LogP contribution in [0.3, 0.4) is 0 Å². The van der Waals surface area contributed by atoms with Gasteiger partial charge in [-0.1, -0.05) is 51.9 Å². The topological polar surface area (TPSA) is 0 Å². The standard InChI is InChI=1S/C18H33IN/c1-2-3-4-5-6-7-8-9-10-15-20(18-13-14-19)16-11-12-17-20/h2-12,15-18H2,1H3/q+1. The highest BCUT2D eigenvalue weighted by molar-refractivity contribution is 14.1. The zero-order chi connectivity index (χ0) is 14.5. The number of unbranched alkanes of at least 4 members (excludes halogenated alkanes) is 8. The maximum Gasteiger partial charge on any atom is 0.141 e. The lowest BCUT2D eigenvalue weighted by atomic mass is 10.1. The van der Waals surface area contributed by atoms with Gasteiger partial charge in [-0.2, -0.15) is 0 Å². The number of halogens is 1. The Labute approximate surface area is 140 Å². The Balaban J connectivity index is 2.02. The van der Waals surface area contributed by atoms with Crippen LogP contribution in [-0.2, 0) is 0 Å². The normalized spacial score (nSPS) is 16.9. The fraction of sp³-hybridized carbons (Fsp3) is 0.889. The highest BCUT2D eigenvalue weighted by Crippen LogP contribution is 2.21. The summed E-state index contributed by atoms with van der Waals surface area (Å²) in [6, 6.07) is 0. The van der Waals surface area contributed by atoms with Crippen molar-refractivity contribution < 1.29 is 4.48 Å². The maximum atomic E-state index is 3.32. The molecule has 1 saturated heterocycles. The van der Waals surface area contributed by atoms with E-state index in [0.717, 1.165) is 6.54 Å². The van der Waals surface area contributed by atoms with Gasteiger partial charge in [0.25, 0.3) is 0 Å². The zero-order valence-electron chi connectivity index (χ0n) is 13.4. The molecule has 0 atom stereocenters. The molecule has 1 nitrogen and oxygen atoms in total. The van der Waals surface area contributed by atoms with Crippen LogP contribution in [0.25, 0.3) is 0 Å². The number of likely N-dealkylation sites (tertiary alicyclic amines) is 1. The minimum absolute atomic E-state index is 1.10. The van der Waals surface area contributed by atoms with Crippen LogP contribution in [0, 0.1) is 9.85 Å². The second-order valence-corrected chi connectivity index (χ2v) is 7.02. The Bertz CT molecular complexity index is 284. The summed E-state index contributed by atoms with van der Waals surface area (Å²) in [7, 11) is 0. The van der Waals surface area contributed by atoms with Gasteiger partial charge >= 0.3 is 0 Å². The van der Waals surface area contributed by atoms with Gasteiger partial charge < -0.3 is 4.48 Å². The SMILES string of the molecule is CCCCCCCCCCC[N+]1(CC#CI)CCCC1. The van der Waals surface area contributed by atoms with Crippen molar-refractivity contribution in [2.24, 2.45) is 0 Å². The van der Waals surface area contributed by atoms with Gasteiger partial charge in [-0.3, -0.25) is 0 Å². The molecule has 1 aliphatic rings. The number of nitrogens with zero attached hydrogens (tertiary/aromatic N) is 1. The third-order valence-electron chi connectivity index (χ3n) is 4.73. The van der Waals surface area contributed by atoms with Crippen LogP contribution in [0.2, 0.25) is 0 Å². The quantitative estimate of drug-likeness (QED) is 0.189. The fourth-order valence-electron chi connectivity index (χ4n) is 3.42. The molecule has 0 aliphatic carbocycles.